The Morgan fingerprint density at radius 3 is 2.56 bits per heavy atom. The molecule has 0 aliphatic heterocycles. The number of aliphatic hydroxyl groups excluding tert-OH is 1. The van der Waals surface area contributed by atoms with E-state index in [9.17, 15) is 5.11 Å². The predicted octanol–water partition coefficient (Wildman–Crippen LogP) is 3.15. The van der Waals surface area contributed by atoms with Gasteiger partial charge in [0, 0.05) is 17.8 Å². The third-order valence-electron chi connectivity index (χ3n) is 2.88. The van der Waals surface area contributed by atoms with E-state index < -0.39 is 0 Å². The molecule has 0 aliphatic carbocycles. The molecule has 1 atom stereocenters. The minimum absolute atomic E-state index is 0.278. The first-order valence-corrected chi connectivity index (χ1v) is 5.85. The fraction of sp³-hybridized carbons (Fsp3) is 0.429. The Morgan fingerprint density at radius 1 is 1.19 bits per heavy atom. The molecule has 1 heterocycles. The summed E-state index contributed by atoms with van der Waals surface area (Å²) in [6, 6.07) is 9.02. The number of aromatic nitrogens is 1. The molecular weight excluding hydrogens is 198 g/mol. The van der Waals surface area contributed by atoms with Crippen LogP contribution in [-0.4, -0.2) is 15.8 Å². The highest BCUT2D eigenvalue weighted by Crippen LogP contribution is 2.21. The lowest BCUT2D eigenvalue weighted by atomic mass is 10.1. The Bertz CT molecular complexity index is 482. The van der Waals surface area contributed by atoms with E-state index in [0.29, 0.717) is 6.04 Å². The van der Waals surface area contributed by atoms with Crippen LogP contribution in [0.2, 0.25) is 0 Å². The number of aliphatic hydroxyl groups is 1. The van der Waals surface area contributed by atoms with Gasteiger partial charge in [0.05, 0.1) is 6.10 Å². The van der Waals surface area contributed by atoms with Crippen LogP contribution in [-0.2, 0) is 6.42 Å². The molecule has 2 heteroatoms. The first-order chi connectivity index (χ1) is 7.58. The molecule has 1 unspecified atom stereocenters. The largest absolute Gasteiger partial charge is 0.393 e. The van der Waals surface area contributed by atoms with Crippen molar-refractivity contribution in [1.82, 2.24) is 4.57 Å². The van der Waals surface area contributed by atoms with Crippen molar-refractivity contribution in [1.29, 1.82) is 0 Å². The lowest BCUT2D eigenvalue weighted by molar-refractivity contribution is 0.195. The quantitative estimate of drug-likeness (QED) is 0.839. The zero-order chi connectivity index (χ0) is 11.7. The van der Waals surface area contributed by atoms with Crippen molar-refractivity contribution in [2.24, 2.45) is 0 Å². The van der Waals surface area contributed by atoms with Crippen LogP contribution >= 0.6 is 0 Å². The Morgan fingerprint density at radius 2 is 1.94 bits per heavy atom. The van der Waals surface area contributed by atoms with Crippen LogP contribution in [0.25, 0.3) is 10.9 Å². The van der Waals surface area contributed by atoms with E-state index in [4.69, 9.17) is 0 Å². The molecule has 2 aromatic rings. The van der Waals surface area contributed by atoms with E-state index in [-0.39, 0.29) is 6.10 Å². The maximum absolute atomic E-state index is 9.40. The number of hydrogen-bond donors (Lipinski definition) is 1. The lowest BCUT2D eigenvalue weighted by Gasteiger charge is -2.11. The highest BCUT2D eigenvalue weighted by atomic mass is 16.3. The lowest BCUT2D eigenvalue weighted by Crippen LogP contribution is -2.04. The molecule has 2 rings (SSSR count). The first kappa shape index (κ1) is 11.2. The highest BCUT2D eigenvalue weighted by molar-refractivity contribution is 5.81. The van der Waals surface area contributed by atoms with Gasteiger partial charge in [0.1, 0.15) is 0 Å². The van der Waals surface area contributed by atoms with Gasteiger partial charge in [-0.25, -0.2) is 0 Å². The molecule has 86 valence electrons. The van der Waals surface area contributed by atoms with Crippen LogP contribution in [0.3, 0.4) is 0 Å². The van der Waals surface area contributed by atoms with Crippen LogP contribution in [0.5, 0.6) is 0 Å². The Hall–Kier alpha value is -1.28. The second-order valence-corrected chi connectivity index (χ2v) is 4.76. The van der Waals surface area contributed by atoms with E-state index in [1.807, 2.05) is 6.92 Å². The molecule has 0 spiro atoms. The maximum atomic E-state index is 9.40. The summed E-state index contributed by atoms with van der Waals surface area (Å²) in [6.07, 6.45) is 2.57. The average molecular weight is 217 g/mol. The van der Waals surface area contributed by atoms with Crippen molar-refractivity contribution < 1.29 is 5.11 Å². The number of rotatable bonds is 3. The number of benzene rings is 1. The zero-order valence-electron chi connectivity index (χ0n) is 10.1. The van der Waals surface area contributed by atoms with Gasteiger partial charge < -0.3 is 9.67 Å². The smallest absolute Gasteiger partial charge is 0.0552 e. The molecule has 1 aromatic carbocycles. The summed E-state index contributed by atoms with van der Waals surface area (Å²) in [7, 11) is 0. The summed E-state index contributed by atoms with van der Waals surface area (Å²) in [6.45, 7) is 6.19. The molecule has 0 fully saturated rings. The summed E-state index contributed by atoms with van der Waals surface area (Å²) >= 11 is 0. The standard InChI is InChI=1S/C14H19NO/c1-10(2)15-7-6-13-5-4-12(8-11(3)16)9-14(13)15/h4-7,9-11,16H,8H2,1-3H3. The van der Waals surface area contributed by atoms with Crippen LogP contribution in [0.15, 0.2) is 30.5 Å². The molecule has 1 N–H and O–H groups in total. The number of hydrogen-bond acceptors (Lipinski definition) is 1. The second kappa shape index (κ2) is 4.30. The summed E-state index contributed by atoms with van der Waals surface area (Å²) in [5, 5.41) is 10.7. The van der Waals surface area contributed by atoms with E-state index in [2.05, 4.69) is 48.9 Å². The Kier molecular flexibility index (Phi) is 3.01. The molecule has 0 bridgehead atoms. The van der Waals surface area contributed by atoms with Crippen molar-refractivity contribution in [3.8, 4) is 0 Å². The normalized spacial score (nSPS) is 13.6. The molecule has 16 heavy (non-hydrogen) atoms. The van der Waals surface area contributed by atoms with Crippen LogP contribution in [0.4, 0.5) is 0 Å². The van der Waals surface area contributed by atoms with Gasteiger partial charge in [0.15, 0.2) is 0 Å². The van der Waals surface area contributed by atoms with Gasteiger partial charge >= 0.3 is 0 Å². The van der Waals surface area contributed by atoms with Crippen LogP contribution in [0, 0.1) is 0 Å². The third kappa shape index (κ3) is 2.12. The van der Waals surface area contributed by atoms with E-state index in [0.717, 1.165) is 6.42 Å². The van der Waals surface area contributed by atoms with Crippen molar-refractivity contribution >= 4 is 10.9 Å². The monoisotopic (exact) mass is 217 g/mol. The van der Waals surface area contributed by atoms with Gasteiger partial charge in [-0.05, 0) is 50.3 Å². The van der Waals surface area contributed by atoms with Gasteiger partial charge in [0.25, 0.3) is 0 Å². The zero-order valence-corrected chi connectivity index (χ0v) is 10.1. The van der Waals surface area contributed by atoms with Gasteiger partial charge in [-0.3, -0.25) is 0 Å². The van der Waals surface area contributed by atoms with Gasteiger partial charge in [0.2, 0.25) is 0 Å². The van der Waals surface area contributed by atoms with Crippen LogP contribution < -0.4 is 0 Å². The molecule has 0 amide bonds. The molecule has 2 nitrogen and oxygen atoms in total. The van der Waals surface area contributed by atoms with E-state index in [1.54, 1.807) is 0 Å². The molecule has 0 radical (unpaired) electrons. The second-order valence-electron chi connectivity index (χ2n) is 4.76. The van der Waals surface area contributed by atoms with Gasteiger partial charge in [-0.1, -0.05) is 12.1 Å². The molecular formula is C14H19NO. The minimum Gasteiger partial charge on any atom is -0.393 e. The van der Waals surface area contributed by atoms with Crippen LogP contribution in [0.1, 0.15) is 32.4 Å². The van der Waals surface area contributed by atoms with Crippen molar-refractivity contribution in [3.63, 3.8) is 0 Å². The summed E-state index contributed by atoms with van der Waals surface area (Å²) in [5.41, 5.74) is 2.45. The number of fused-ring (bicyclic) bond motifs is 1. The fourth-order valence-corrected chi connectivity index (χ4v) is 2.11. The third-order valence-corrected chi connectivity index (χ3v) is 2.88. The van der Waals surface area contributed by atoms with E-state index in [1.165, 1.54) is 16.5 Å². The van der Waals surface area contributed by atoms with Gasteiger partial charge in [-0.2, -0.15) is 0 Å². The molecule has 0 saturated heterocycles. The summed E-state index contributed by atoms with van der Waals surface area (Å²) < 4.78 is 2.26. The van der Waals surface area contributed by atoms with Crippen molar-refractivity contribution in [2.45, 2.75) is 39.3 Å². The predicted molar refractivity (Wildman–Crippen MR) is 67.7 cm³/mol. The Balaban J connectivity index is 2.46. The Labute approximate surface area is 96.5 Å². The SMILES string of the molecule is CC(O)Cc1ccc2ccn(C(C)C)c2c1. The fourth-order valence-electron chi connectivity index (χ4n) is 2.11. The first-order valence-electron chi connectivity index (χ1n) is 5.85. The molecule has 0 saturated carbocycles. The topological polar surface area (TPSA) is 25.2 Å². The average Bonchev–Trinajstić information content (AvgIpc) is 2.59. The van der Waals surface area contributed by atoms with Crippen molar-refractivity contribution in [2.75, 3.05) is 0 Å². The summed E-state index contributed by atoms with van der Waals surface area (Å²) in [4.78, 5) is 0. The minimum atomic E-state index is -0.278. The molecule has 0 aliphatic rings. The maximum Gasteiger partial charge on any atom is 0.0552 e. The number of nitrogens with zero attached hydrogens (tertiary/aromatic N) is 1. The van der Waals surface area contributed by atoms with Crippen molar-refractivity contribution in [3.05, 3.63) is 36.0 Å². The van der Waals surface area contributed by atoms with E-state index >= 15 is 0 Å². The summed E-state index contributed by atoms with van der Waals surface area (Å²) in [5.74, 6) is 0. The molecule has 1 aromatic heterocycles. The highest BCUT2D eigenvalue weighted by Gasteiger charge is 2.06. The van der Waals surface area contributed by atoms with Gasteiger partial charge in [-0.15, -0.1) is 0 Å².